The summed E-state index contributed by atoms with van der Waals surface area (Å²) in [6.45, 7) is 0. The van der Waals surface area contributed by atoms with Crippen LogP contribution < -0.4 is 5.32 Å². The van der Waals surface area contributed by atoms with Gasteiger partial charge in [0.2, 0.25) is 5.91 Å². The summed E-state index contributed by atoms with van der Waals surface area (Å²) in [6.07, 6.45) is 1.80. The van der Waals surface area contributed by atoms with Crippen LogP contribution in [0.2, 0.25) is 0 Å². The van der Waals surface area contributed by atoms with Crippen molar-refractivity contribution in [3.8, 4) is 0 Å². The predicted molar refractivity (Wildman–Crippen MR) is 77.9 cm³/mol. The van der Waals surface area contributed by atoms with Crippen LogP contribution in [0.25, 0.3) is 10.9 Å². The van der Waals surface area contributed by atoms with Gasteiger partial charge in [0.15, 0.2) is 0 Å². The molecule has 0 saturated heterocycles. The minimum atomic E-state index is -0.104. The summed E-state index contributed by atoms with van der Waals surface area (Å²) in [5, 5.41) is 13.5. The van der Waals surface area contributed by atoms with Crippen LogP contribution >= 0.6 is 0 Å². The number of benzene rings is 2. The quantitative estimate of drug-likeness (QED) is 0.716. The second-order valence-electron chi connectivity index (χ2n) is 4.61. The first-order valence-electron chi connectivity index (χ1n) is 6.37. The Bertz CT molecular complexity index is 748. The number of rotatable bonds is 3. The third kappa shape index (κ3) is 2.36. The molecule has 0 unspecified atom stereocenters. The lowest BCUT2D eigenvalue weighted by molar-refractivity contribution is -0.115. The molecular formula is C16H14N2O2. The summed E-state index contributed by atoms with van der Waals surface area (Å²) in [7, 11) is 0. The Morgan fingerprint density at radius 1 is 1.05 bits per heavy atom. The Morgan fingerprint density at radius 3 is 2.55 bits per heavy atom. The van der Waals surface area contributed by atoms with E-state index in [0.29, 0.717) is 5.52 Å². The summed E-state index contributed by atoms with van der Waals surface area (Å²) in [4.78, 5) is 12.0. The van der Waals surface area contributed by atoms with Crippen LogP contribution in [0.5, 0.6) is 0 Å². The molecule has 1 heterocycles. The molecular weight excluding hydrogens is 252 g/mol. The van der Waals surface area contributed by atoms with Gasteiger partial charge in [0.1, 0.15) is 0 Å². The summed E-state index contributed by atoms with van der Waals surface area (Å²) >= 11 is 0. The fraction of sp³-hybridized carbons (Fsp3) is 0.0625. The molecule has 3 rings (SSSR count). The number of fused-ring (bicyclic) bond motifs is 1. The number of hydrogen-bond donors (Lipinski definition) is 2. The van der Waals surface area contributed by atoms with E-state index in [0.717, 1.165) is 21.4 Å². The van der Waals surface area contributed by atoms with E-state index in [4.69, 9.17) is 0 Å². The van der Waals surface area contributed by atoms with E-state index in [9.17, 15) is 10.0 Å². The second-order valence-corrected chi connectivity index (χ2v) is 4.61. The van der Waals surface area contributed by atoms with Gasteiger partial charge in [-0.2, -0.15) is 4.73 Å². The highest BCUT2D eigenvalue weighted by Gasteiger charge is 2.11. The zero-order valence-electron chi connectivity index (χ0n) is 10.8. The van der Waals surface area contributed by atoms with E-state index in [1.54, 1.807) is 6.20 Å². The van der Waals surface area contributed by atoms with E-state index in [2.05, 4.69) is 5.32 Å². The minimum Gasteiger partial charge on any atom is -0.428 e. The van der Waals surface area contributed by atoms with Gasteiger partial charge < -0.3 is 10.5 Å². The summed E-state index contributed by atoms with van der Waals surface area (Å²) in [5.74, 6) is -0.104. The molecule has 3 aromatic rings. The zero-order chi connectivity index (χ0) is 13.9. The molecule has 20 heavy (non-hydrogen) atoms. The van der Waals surface area contributed by atoms with Gasteiger partial charge in [0.05, 0.1) is 11.9 Å². The van der Waals surface area contributed by atoms with Crippen LogP contribution in [0.15, 0.2) is 60.8 Å². The molecule has 4 heteroatoms. The maximum absolute atomic E-state index is 12.0. The zero-order valence-corrected chi connectivity index (χ0v) is 10.8. The van der Waals surface area contributed by atoms with Gasteiger partial charge in [-0.3, -0.25) is 4.79 Å². The molecule has 0 aliphatic heterocycles. The van der Waals surface area contributed by atoms with Crippen LogP contribution in [-0.4, -0.2) is 15.8 Å². The molecule has 100 valence electrons. The van der Waals surface area contributed by atoms with Crippen molar-refractivity contribution in [2.45, 2.75) is 6.42 Å². The molecule has 2 aromatic carbocycles. The van der Waals surface area contributed by atoms with Crippen molar-refractivity contribution in [3.05, 3.63) is 66.4 Å². The number of hydrogen-bond acceptors (Lipinski definition) is 2. The van der Waals surface area contributed by atoms with Crippen molar-refractivity contribution in [1.29, 1.82) is 0 Å². The van der Waals surface area contributed by atoms with Gasteiger partial charge >= 0.3 is 0 Å². The highest BCUT2D eigenvalue weighted by atomic mass is 16.5. The molecule has 0 spiro atoms. The van der Waals surface area contributed by atoms with Gasteiger partial charge in [-0.25, -0.2) is 0 Å². The Balaban J connectivity index is 1.81. The van der Waals surface area contributed by atoms with Gasteiger partial charge in [-0.05, 0) is 23.8 Å². The van der Waals surface area contributed by atoms with Gasteiger partial charge in [-0.15, -0.1) is 0 Å². The average molecular weight is 266 g/mol. The number of nitrogens with one attached hydrogen (secondary N) is 1. The molecule has 0 saturated carbocycles. The van der Waals surface area contributed by atoms with E-state index in [1.807, 2.05) is 54.6 Å². The lowest BCUT2D eigenvalue weighted by Gasteiger charge is -2.04. The first-order chi connectivity index (χ1) is 9.74. The van der Waals surface area contributed by atoms with Gasteiger partial charge in [0.25, 0.3) is 0 Å². The summed E-state index contributed by atoms with van der Waals surface area (Å²) in [5.41, 5.74) is 2.27. The van der Waals surface area contributed by atoms with Crippen molar-refractivity contribution in [2.75, 3.05) is 5.32 Å². The lowest BCUT2D eigenvalue weighted by atomic mass is 10.1. The first kappa shape index (κ1) is 12.3. The summed E-state index contributed by atoms with van der Waals surface area (Å²) in [6, 6.07) is 16.8. The molecule has 4 nitrogen and oxygen atoms in total. The maximum Gasteiger partial charge on any atom is 0.228 e. The van der Waals surface area contributed by atoms with Crippen molar-refractivity contribution in [2.24, 2.45) is 0 Å². The fourth-order valence-corrected chi connectivity index (χ4v) is 2.27. The van der Waals surface area contributed by atoms with E-state index in [1.165, 1.54) is 0 Å². The molecule has 1 aromatic heterocycles. The molecule has 0 bridgehead atoms. The fourth-order valence-electron chi connectivity index (χ4n) is 2.27. The van der Waals surface area contributed by atoms with Crippen molar-refractivity contribution in [3.63, 3.8) is 0 Å². The normalized spacial score (nSPS) is 10.6. The van der Waals surface area contributed by atoms with E-state index < -0.39 is 0 Å². The molecule has 0 fully saturated rings. The highest BCUT2D eigenvalue weighted by Crippen LogP contribution is 2.20. The van der Waals surface area contributed by atoms with Gasteiger partial charge in [-0.1, -0.05) is 36.4 Å². The Hall–Kier alpha value is -2.75. The number of carbonyl (C=O) groups is 1. The molecule has 0 atom stereocenters. The van der Waals surface area contributed by atoms with Crippen LogP contribution in [0.3, 0.4) is 0 Å². The number of para-hydroxylation sites is 2. The standard InChI is InChI=1S/C16H14N2O2/c19-16(17-13-6-2-1-3-7-13)10-12-11-18(20)15-9-5-4-8-14(12)15/h1-9,11,20H,10H2,(H,17,19). The minimum absolute atomic E-state index is 0.104. The largest absolute Gasteiger partial charge is 0.428 e. The van der Waals surface area contributed by atoms with Crippen LogP contribution in [0, 0.1) is 0 Å². The number of nitrogens with zero attached hydrogens (tertiary/aromatic N) is 1. The van der Waals surface area contributed by atoms with Crippen molar-refractivity contribution in [1.82, 2.24) is 4.73 Å². The van der Waals surface area contributed by atoms with Crippen LogP contribution in [-0.2, 0) is 11.2 Å². The average Bonchev–Trinajstić information content (AvgIpc) is 2.77. The SMILES string of the molecule is O=C(Cc1cn(O)c2ccccc12)Nc1ccccc1. The smallest absolute Gasteiger partial charge is 0.228 e. The van der Waals surface area contributed by atoms with Gasteiger partial charge in [0, 0.05) is 17.3 Å². The second kappa shape index (κ2) is 5.09. The summed E-state index contributed by atoms with van der Waals surface area (Å²) < 4.78 is 1.06. The third-order valence-corrected chi connectivity index (χ3v) is 3.18. The number of amides is 1. The van der Waals surface area contributed by atoms with E-state index in [-0.39, 0.29) is 12.3 Å². The topological polar surface area (TPSA) is 54.3 Å². The van der Waals surface area contributed by atoms with Crippen LogP contribution in [0.1, 0.15) is 5.56 Å². The third-order valence-electron chi connectivity index (χ3n) is 3.18. The Kier molecular flexibility index (Phi) is 3.13. The number of aromatic nitrogens is 1. The maximum atomic E-state index is 12.0. The predicted octanol–water partition coefficient (Wildman–Crippen LogP) is 3.06. The molecule has 0 aliphatic rings. The monoisotopic (exact) mass is 266 g/mol. The number of anilines is 1. The van der Waals surface area contributed by atoms with E-state index >= 15 is 0 Å². The Morgan fingerprint density at radius 2 is 1.75 bits per heavy atom. The molecule has 1 amide bonds. The molecule has 0 radical (unpaired) electrons. The van der Waals surface area contributed by atoms with Crippen molar-refractivity contribution >= 4 is 22.5 Å². The molecule has 0 aliphatic carbocycles. The lowest BCUT2D eigenvalue weighted by Crippen LogP contribution is -2.14. The van der Waals surface area contributed by atoms with Crippen LogP contribution in [0.4, 0.5) is 5.69 Å². The number of carbonyl (C=O) groups excluding carboxylic acids is 1. The highest BCUT2D eigenvalue weighted by molar-refractivity contribution is 5.95. The molecule has 2 N–H and O–H groups in total. The Labute approximate surface area is 116 Å². The first-order valence-corrected chi connectivity index (χ1v) is 6.37. The van der Waals surface area contributed by atoms with Crippen molar-refractivity contribution < 1.29 is 10.0 Å².